The van der Waals surface area contributed by atoms with Crippen LogP contribution in [0.3, 0.4) is 0 Å². The molecule has 0 N–H and O–H groups in total. The van der Waals surface area contributed by atoms with E-state index in [1.54, 1.807) is 18.2 Å². The lowest BCUT2D eigenvalue weighted by Gasteiger charge is -2.17. The Kier molecular flexibility index (Phi) is 8.44. The number of benzene rings is 4. The molecule has 5 rings (SSSR count). The molecule has 0 spiro atoms. The van der Waals surface area contributed by atoms with Crippen molar-refractivity contribution < 1.29 is 21.6 Å². The molecule has 42 heavy (non-hydrogen) atoms. The molecule has 0 fully saturated rings. The summed E-state index contributed by atoms with van der Waals surface area (Å²) in [6.45, 7) is 3.93. The van der Waals surface area contributed by atoms with Crippen LogP contribution in [0.2, 0.25) is 5.02 Å². The standard InChI is InChI=1S/C34H29ClF3NO2S/c1-22(2)16-17-42(40,41)31-15-14-25(20-30(31)35)24-10-6-11-26(19-24)32-27(18-23-8-4-3-5-9-23)21-39-33-28(32)12-7-13-29(33)34(36,37)38/h3-15,19-22H,16-18H2,1-2H3. The average molecular weight is 608 g/mol. The Hall–Kier alpha value is -3.68. The van der Waals surface area contributed by atoms with Gasteiger partial charge in [-0.05, 0) is 76.4 Å². The Morgan fingerprint density at radius 1 is 0.833 bits per heavy atom. The largest absolute Gasteiger partial charge is 0.418 e. The van der Waals surface area contributed by atoms with Crippen LogP contribution in [0.5, 0.6) is 0 Å². The summed E-state index contributed by atoms with van der Waals surface area (Å²) < 4.78 is 67.6. The summed E-state index contributed by atoms with van der Waals surface area (Å²) in [4.78, 5) is 4.38. The number of alkyl halides is 3. The van der Waals surface area contributed by atoms with Gasteiger partial charge in [0.1, 0.15) is 0 Å². The number of pyridine rings is 1. The number of para-hydroxylation sites is 1. The van der Waals surface area contributed by atoms with E-state index in [2.05, 4.69) is 4.98 Å². The Balaban J connectivity index is 1.63. The van der Waals surface area contributed by atoms with Crippen LogP contribution in [0, 0.1) is 5.92 Å². The second-order valence-corrected chi connectivity index (χ2v) is 13.2. The molecule has 0 atom stereocenters. The van der Waals surface area contributed by atoms with E-state index in [-0.39, 0.29) is 27.1 Å². The smallest absolute Gasteiger partial charge is 0.255 e. The monoisotopic (exact) mass is 607 g/mol. The van der Waals surface area contributed by atoms with Crippen LogP contribution in [0.25, 0.3) is 33.2 Å². The molecule has 8 heteroatoms. The molecule has 5 aromatic rings. The molecule has 0 aliphatic carbocycles. The normalized spacial score (nSPS) is 12.3. The molecule has 1 aromatic heterocycles. The quantitative estimate of drug-likeness (QED) is 0.176. The fourth-order valence-corrected chi connectivity index (χ4v) is 7.24. The van der Waals surface area contributed by atoms with Crippen LogP contribution < -0.4 is 0 Å². The summed E-state index contributed by atoms with van der Waals surface area (Å²) in [7, 11) is -3.54. The number of sulfone groups is 1. The number of hydrogen-bond acceptors (Lipinski definition) is 3. The van der Waals surface area contributed by atoms with Crippen LogP contribution >= 0.6 is 11.6 Å². The minimum Gasteiger partial charge on any atom is -0.255 e. The highest BCUT2D eigenvalue weighted by Gasteiger charge is 2.33. The topological polar surface area (TPSA) is 47.0 Å². The summed E-state index contributed by atoms with van der Waals surface area (Å²) in [5, 5.41) is 0.538. The van der Waals surface area contributed by atoms with Gasteiger partial charge in [-0.25, -0.2) is 8.42 Å². The Labute approximate surface area is 248 Å². The van der Waals surface area contributed by atoms with Gasteiger partial charge in [-0.2, -0.15) is 13.2 Å². The molecular formula is C34H29ClF3NO2S. The zero-order valence-electron chi connectivity index (χ0n) is 23.1. The van der Waals surface area contributed by atoms with Crippen molar-refractivity contribution in [2.24, 2.45) is 5.92 Å². The van der Waals surface area contributed by atoms with Crippen molar-refractivity contribution in [2.75, 3.05) is 5.75 Å². The van der Waals surface area contributed by atoms with E-state index in [0.717, 1.165) is 28.3 Å². The molecular weight excluding hydrogens is 579 g/mol. The van der Waals surface area contributed by atoms with E-state index in [1.165, 1.54) is 18.3 Å². The molecule has 4 aromatic carbocycles. The maximum Gasteiger partial charge on any atom is 0.418 e. The van der Waals surface area contributed by atoms with E-state index in [4.69, 9.17) is 11.6 Å². The first-order valence-corrected chi connectivity index (χ1v) is 15.6. The zero-order valence-corrected chi connectivity index (χ0v) is 24.7. The van der Waals surface area contributed by atoms with Gasteiger partial charge in [0, 0.05) is 11.6 Å². The van der Waals surface area contributed by atoms with Gasteiger partial charge in [0.2, 0.25) is 0 Å². The highest BCUT2D eigenvalue weighted by Crippen LogP contribution is 2.40. The maximum absolute atomic E-state index is 13.9. The maximum atomic E-state index is 13.9. The fourth-order valence-electron chi connectivity index (χ4n) is 5.07. The Morgan fingerprint density at radius 3 is 2.21 bits per heavy atom. The van der Waals surface area contributed by atoms with Crippen molar-refractivity contribution >= 4 is 32.3 Å². The molecule has 0 saturated carbocycles. The van der Waals surface area contributed by atoms with Gasteiger partial charge in [-0.3, -0.25) is 4.98 Å². The molecule has 0 saturated heterocycles. The molecule has 0 aliphatic rings. The second-order valence-electron chi connectivity index (χ2n) is 10.7. The van der Waals surface area contributed by atoms with Crippen LogP contribution in [0.15, 0.2) is 102 Å². The van der Waals surface area contributed by atoms with Crippen molar-refractivity contribution in [1.82, 2.24) is 4.98 Å². The average Bonchev–Trinajstić information content (AvgIpc) is 2.95. The SMILES string of the molecule is CC(C)CCS(=O)(=O)c1ccc(-c2cccc(-c3c(Cc4ccccc4)cnc4c(C(F)(F)F)cccc34)c2)cc1Cl. The first-order chi connectivity index (χ1) is 19.9. The third-order valence-electron chi connectivity index (χ3n) is 7.23. The number of rotatable bonds is 8. The van der Waals surface area contributed by atoms with Gasteiger partial charge in [-0.1, -0.05) is 92.2 Å². The summed E-state index contributed by atoms with van der Waals surface area (Å²) in [6.07, 6.45) is -2.01. The third-order valence-corrected chi connectivity index (χ3v) is 9.46. The molecule has 3 nitrogen and oxygen atoms in total. The predicted octanol–water partition coefficient (Wildman–Crippen LogP) is 9.65. The van der Waals surface area contributed by atoms with Gasteiger partial charge in [0.25, 0.3) is 0 Å². The van der Waals surface area contributed by atoms with Gasteiger partial charge in [-0.15, -0.1) is 0 Å². The molecule has 0 aliphatic heterocycles. The van der Waals surface area contributed by atoms with Crippen molar-refractivity contribution in [1.29, 1.82) is 0 Å². The molecule has 1 heterocycles. The number of hydrogen-bond donors (Lipinski definition) is 0. The van der Waals surface area contributed by atoms with E-state index >= 15 is 0 Å². The summed E-state index contributed by atoms with van der Waals surface area (Å²) in [5.74, 6) is 0.252. The minimum absolute atomic E-state index is 0.0123. The second kappa shape index (κ2) is 11.9. The fraction of sp³-hybridized carbons (Fsp3) is 0.206. The first-order valence-electron chi connectivity index (χ1n) is 13.6. The number of aromatic nitrogens is 1. The lowest BCUT2D eigenvalue weighted by molar-refractivity contribution is -0.136. The molecule has 0 amide bonds. The summed E-state index contributed by atoms with van der Waals surface area (Å²) in [6, 6.07) is 26.1. The molecule has 0 radical (unpaired) electrons. The van der Waals surface area contributed by atoms with E-state index in [0.29, 0.717) is 29.4 Å². The van der Waals surface area contributed by atoms with Gasteiger partial charge in [0.15, 0.2) is 9.84 Å². The van der Waals surface area contributed by atoms with Crippen LogP contribution in [0.4, 0.5) is 13.2 Å². The van der Waals surface area contributed by atoms with Crippen LogP contribution in [-0.2, 0) is 22.4 Å². The number of nitrogens with zero attached hydrogens (tertiary/aromatic N) is 1. The van der Waals surface area contributed by atoms with Gasteiger partial charge >= 0.3 is 6.18 Å². The molecule has 0 bridgehead atoms. The predicted molar refractivity (Wildman–Crippen MR) is 163 cm³/mol. The van der Waals surface area contributed by atoms with Crippen molar-refractivity contribution in [3.05, 3.63) is 119 Å². The Bertz CT molecular complexity index is 1850. The lowest BCUT2D eigenvalue weighted by atomic mass is 9.90. The highest BCUT2D eigenvalue weighted by atomic mass is 35.5. The Morgan fingerprint density at radius 2 is 1.52 bits per heavy atom. The zero-order chi connectivity index (χ0) is 30.1. The van der Waals surface area contributed by atoms with Gasteiger partial charge in [0.05, 0.1) is 26.8 Å². The number of fused-ring (bicyclic) bond motifs is 1. The first kappa shape index (κ1) is 29.8. The van der Waals surface area contributed by atoms with E-state index < -0.39 is 21.6 Å². The van der Waals surface area contributed by atoms with Crippen molar-refractivity contribution in [3.8, 4) is 22.3 Å². The summed E-state index contributed by atoms with van der Waals surface area (Å²) in [5.41, 5.74) is 3.72. The molecule has 0 unspecified atom stereocenters. The van der Waals surface area contributed by atoms with Crippen LogP contribution in [0.1, 0.15) is 37.0 Å². The van der Waals surface area contributed by atoms with E-state index in [9.17, 15) is 21.6 Å². The molecule has 216 valence electrons. The van der Waals surface area contributed by atoms with Crippen molar-refractivity contribution in [2.45, 2.75) is 37.8 Å². The van der Waals surface area contributed by atoms with Crippen molar-refractivity contribution in [3.63, 3.8) is 0 Å². The third kappa shape index (κ3) is 6.37. The van der Waals surface area contributed by atoms with Gasteiger partial charge < -0.3 is 0 Å². The van der Waals surface area contributed by atoms with Crippen LogP contribution in [-0.4, -0.2) is 19.2 Å². The lowest BCUT2D eigenvalue weighted by Crippen LogP contribution is -2.09. The minimum atomic E-state index is -4.55. The summed E-state index contributed by atoms with van der Waals surface area (Å²) >= 11 is 6.50. The van der Waals surface area contributed by atoms with E-state index in [1.807, 2.05) is 68.4 Å². The highest BCUT2D eigenvalue weighted by molar-refractivity contribution is 7.91. The number of halogens is 4.